The minimum absolute atomic E-state index is 0.0153. The predicted octanol–water partition coefficient (Wildman–Crippen LogP) is 2.58. The van der Waals surface area contributed by atoms with Crippen LogP contribution >= 0.6 is 11.6 Å². The fourth-order valence-corrected chi connectivity index (χ4v) is 1.95. The molecule has 0 saturated heterocycles. The van der Waals surface area contributed by atoms with Crippen molar-refractivity contribution < 1.29 is 19.8 Å². The van der Waals surface area contributed by atoms with Gasteiger partial charge in [-0.25, -0.2) is 4.79 Å². The minimum Gasteiger partial charge on any atom is -0.506 e. The Balaban J connectivity index is 2.31. The molecule has 2 aromatic rings. The highest BCUT2D eigenvalue weighted by Crippen LogP contribution is 2.25. The number of phenols is 1. The number of halogens is 1. The quantitative estimate of drug-likeness (QED) is 0.514. The van der Waals surface area contributed by atoms with Gasteiger partial charge in [0.1, 0.15) is 5.75 Å². The molecular formula is C14H11ClN2O4. The van der Waals surface area contributed by atoms with Gasteiger partial charge in [0, 0.05) is 16.3 Å². The first-order valence-corrected chi connectivity index (χ1v) is 6.18. The second-order valence-corrected chi connectivity index (χ2v) is 4.70. The molecule has 2 aromatic carbocycles. The second-order valence-electron chi connectivity index (χ2n) is 4.26. The zero-order chi connectivity index (χ0) is 15.6. The van der Waals surface area contributed by atoms with Crippen molar-refractivity contribution in [3.05, 3.63) is 52.5 Å². The minimum atomic E-state index is -1.17. The van der Waals surface area contributed by atoms with Crippen molar-refractivity contribution in [1.29, 1.82) is 0 Å². The maximum Gasteiger partial charge on any atom is 0.335 e. The van der Waals surface area contributed by atoms with Gasteiger partial charge in [0.05, 0.1) is 11.3 Å². The lowest BCUT2D eigenvalue weighted by atomic mass is 10.1. The number of hydrogen-bond donors (Lipinski definition) is 4. The molecule has 0 saturated carbocycles. The van der Waals surface area contributed by atoms with E-state index in [9.17, 15) is 14.7 Å². The third-order valence-electron chi connectivity index (χ3n) is 2.67. The molecule has 0 spiro atoms. The van der Waals surface area contributed by atoms with Gasteiger partial charge >= 0.3 is 5.97 Å². The first kappa shape index (κ1) is 14.7. The molecule has 0 fully saturated rings. The average molecular weight is 307 g/mol. The molecule has 6 nitrogen and oxygen atoms in total. The van der Waals surface area contributed by atoms with Gasteiger partial charge in [-0.15, -0.1) is 0 Å². The Labute approximate surface area is 124 Å². The second kappa shape index (κ2) is 5.72. The largest absolute Gasteiger partial charge is 0.506 e. The van der Waals surface area contributed by atoms with Crippen LogP contribution in [0.4, 0.5) is 11.4 Å². The molecule has 0 bridgehead atoms. The molecular weight excluding hydrogens is 296 g/mol. The van der Waals surface area contributed by atoms with Gasteiger partial charge in [-0.3, -0.25) is 4.79 Å². The molecule has 0 heterocycles. The summed E-state index contributed by atoms with van der Waals surface area (Å²) in [5.74, 6) is -1.98. The number of hydrogen-bond acceptors (Lipinski definition) is 4. The van der Waals surface area contributed by atoms with Gasteiger partial charge in [0.2, 0.25) is 0 Å². The summed E-state index contributed by atoms with van der Waals surface area (Å²) in [4.78, 5) is 22.9. The molecule has 0 aromatic heterocycles. The van der Waals surface area contributed by atoms with E-state index < -0.39 is 11.9 Å². The zero-order valence-electron chi connectivity index (χ0n) is 10.6. The standard InChI is InChI=1S/C14H11ClN2O4/c15-9-3-8(4-10(16)6-9)13(19)17-11-5-7(14(20)21)1-2-12(11)18/h1-6,18H,16H2,(H,17,19)(H,20,21). The molecule has 0 unspecified atom stereocenters. The number of carboxylic acids is 1. The topological polar surface area (TPSA) is 113 Å². The van der Waals surface area contributed by atoms with E-state index in [0.29, 0.717) is 10.7 Å². The smallest absolute Gasteiger partial charge is 0.335 e. The van der Waals surface area contributed by atoms with E-state index in [1.54, 1.807) is 0 Å². The van der Waals surface area contributed by atoms with Crippen LogP contribution in [-0.4, -0.2) is 22.1 Å². The van der Waals surface area contributed by atoms with Crippen molar-refractivity contribution >= 4 is 34.9 Å². The molecule has 7 heteroatoms. The normalized spacial score (nSPS) is 10.1. The van der Waals surface area contributed by atoms with E-state index in [2.05, 4.69) is 5.32 Å². The van der Waals surface area contributed by atoms with Crippen LogP contribution in [0.3, 0.4) is 0 Å². The van der Waals surface area contributed by atoms with Gasteiger partial charge in [0.25, 0.3) is 5.91 Å². The van der Waals surface area contributed by atoms with Crippen molar-refractivity contribution in [2.24, 2.45) is 0 Å². The van der Waals surface area contributed by atoms with E-state index in [0.717, 1.165) is 6.07 Å². The van der Waals surface area contributed by atoms with Crippen molar-refractivity contribution in [2.75, 3.05) is 11.1 Å². The molecule has 2 rings (SSSR count). The van der Waals surface area contributed by atoms with E-state index in [1.807, 2.05) is 0 Å². The van der Waals surface area contributed by atoms with Crippen LogP contribution in [0.15, 0.2) is 36.4 Å². The van der Waals surface area contributed by atoms with E-state index in [4.69, 9.17) is 22.4 Å². The first-order valence-electron chi connectivity index (χ1n) is 5.80. The molecule has 21 heavy (non-hydrogen) atoms. The number of nitrogen functional groups attached to an aromatic ring is 1. The Bertz CT molecular complexity index is 711. The lowest BCUT2D eigenvalue weighted by Gasteiger charge is -2.09. The maximum absolute atomic E-state index is 12.1. The summed E-state index contributed by atoms with van der Waals surface area (Å²) in [7, 11) is 0. The number of anilines is 2. The predicted molar refractivity (Wildman–Crippen MR) is 78.9 cm³/mol. The number of carboxylic acid groups (broad SMARTS) is 1. The van der Waals surface area contributed by atoms with Gasteiger partial charge < -0.3 is 21.3 Å². The molecule has 0 atom stereocenters. The lowest BCUT2D eigenvalue weighted by molar-refractivity contribution is 0.0696. The number of benzene rings is 2. The molecule has 0 aliphatic rings. The van der Waals surface area contributed by atoms with Crippen LogP contribution in [0, 0.1) is 0 Å². The van der Waals surface area contributed by atoms with Gasteiger partial charge in [-0.1, -0.05) is 11.6 Å². The highest BCUT2D eigenvalue weighted by Gasteiger charge is 2.13. The average Bonchev–Trinajstić information content (AvgIpc) is 2.39. The van der Waals surface area contributed by atoms with Crippen LogP contribution in [0.25, 0.3) is 0 Å². The fourth-order valence-electron chi connectivity index (χ4n) is 1.71. The van der Waals surface area contributed by atoms with Gasteiger partial charge in [-0.2, -0.15) is 0 Å². The Kier molecular flexibility index (Phi) is 4.00. The monoisotopic (exact) mass is 306 g/mol. The third-order valence-corrected chi connectivity index (χ3v) is 2.89. The summed E-state index contributed by atoms with van der Waals surface area (Å²) in [6.45, 7) is 0. The number of phenolic OH excluding ortho intramolecular Hbond substituents is 1. The van der Waals surface area contributed by atoms with Crippen molar-refractivity contribution in [2.45, 2.75) is 0 Å². The highest BCUT2D eigenvalue weighted by atomic mass is 35.5. The van der Waals surface area contributed by atoms with Gasteiger partial charge in [-0.05, 0) is 36.4 Å². The molecule has 108 valence electrons. The number of aromatic hydroxyl groups is 1. The van der Waals surface area contributed by atoms with Crippen molar-refractivity contribution in [1.82, 2.24) is 0 Å². The summed E-state index contributed by atoms with van der Waals surface area (Å²) in [5.41, 5.74) is 6.03. The summed E-state index contributed by atoms with van der Waals surface area (Å²) in [6, 6.07) is 7.88. The molecule has 0 radical (unpaired) electrons. The van der Waals surface area contributed by atoms with E-state index >= 15 is 0 Å². The summed E-state index contributed by atoms with van der Waals surface area (Å²) in [6.07, 6.45) is 0. The number of aromatic carboxylic acids is 1. The van der Waals surface area contributed by atoms with Gasteiger partial charge in [0.15, 0.2) is 0 Å². The van der Waals surface area contributed by atoms with E-state index in [-0.39, 0.29) is 22.6 Å². The SMILES string of the molecule is Nc1cc(Cl)cc(C(=O)Nc2cc(C(=O)O)ccc2O)c1. The number of amides is 1. The maximum atomic E-state index is 12.1. The van der Waals surface area contributed by atoms with Crippen LogP contribution in [0.5, 0.6) is 5.75 Å². The first-order chi connectivity index (χ1) is 9.86. The zero-order valence-corrected chi connectivity index (χ0v) is 11.4. The number of nitrogens with two attached hydrogens (primary N) is 1. The number of carbonyl (C=O) groups excluding carboxylic acids is 1. The number of nitrogens with one attached hydrogen (secondary N) is 1. The van der Waals surface area contributed by atoms with Crippen LogP contribution in [0.2, 0.25) is 5.02 Å². The Hall–Kier alpha value is -2.73. The Morgan fingerprint density at radius 2 is 1.81 bits per heavy atom. The number of rotatable bonds is 3. The third kappa shape index (κ3) is 3.43. The molecule has 0 aliphatic carbocycles. The fraction of sp³-hybridized carbons (Fsp3) is 0. The molecule has 1 amide bonds. The summed E-state index contributed by atoms with van der Waals surface area (Å²) < 4.78 is 0. The highest BCUT2D eigenvalue weighted by molar-refractivity contribution is 6.31. The van der Waals surface area contributed by atoms with Crippen LogP contribution in [0.1, 0.15) is 20.7 Å². The Morgan fingerprint density at radius 1 is 1.10 bits per heavy atom. The molecule has 5 N–H and O–H groups in total. The van der Waals surface area contributed by atoms with Crippen molar-refractivity contribution in [3.63, 3.8) is 0 Å². The summed E-state index contributed by atoms with van der Waals surface area (Å²) in [5, 5.41) is 21.3. The van der Waals surface area contributed by atoms with Crippen LogP contribution < -0.4 is 11.1 Å². The van der Waals surface area contributed by atoms with Crippen molar-refractivity contribution in [3.8, 4) is 5.75 Å². The lowest BCUT2D eigenvalue weighted by Crippen LogP contribution is -2.13. The van der Waals surface area contributed by atoms with E-state index in [1.165, 1.54) is 30.3 Å². The van der Waals surface area contributed by atoms with Crippen LogP contribution in [-0.2, 0) is 0 Å². The number of carbonyl (C=O) groups is 2. The molecule has 0 aliphatic heterocycles. The Morgan fingerprint density at radius 3 is 2.43 bits per heavy atom. The summed E-state index contributed by atoms with van der Waals surface area (Å²) >= 11 is 5.81.